The van der Waals surface area contributed by atoms with Crippen molar-refractivity contribution in [2.45, 2.75) is 25.2 Å². The van der Waals surface area contributed by atoms with E-state index in [1.807, 2.05) is 0 Å². The first-order valence-corrected chi connectivity index (χ1v) is 10.7. The monoisotopic (exact) mass is 504 g/mol. The highest BCUT2D eigenvalue weighted by atomic mass is 19.4. The van der Waals surface area contributed by atoms with Gasteiger partial charge >= 0.3 is 12.3 Å². The van der Waals surface area contributed by atoms with E-state index >= 15 is 0 Å². The van der Waals surface area contributed by atoms with E-state index in [9.17, 15) is 27.5 Å². The molecule has 2 aliphatic heterocycles. The summed E-state index contributed by atoms with van der Waals surface area (Å²) in [5.41, 5.74) is 1.29. The van der Waals surface area contributed by atoms with Gasteiger partial charge < -0.3 is 14.6 Å². The van der Waals surface area contributed by atoms with Crippen LogP contribution in [0.1, 0.15) is 17.0 Å². The summed E-state index contributed by atoms with van der Waals surface area (Å²) in [5.74, 6) is -0.364. The zero-order chi connectivity index (χ0) is 25.2. The molecule has 3 aromatic heterocycles. The number of rotatable bonds is 2. The Kier molecular flexibility index (Phi) is 4.81. The van der Waals surface area contributed by atoms with E-state index in [4.69, 9.17) is 9.47 Å². The average Bonchev–Trinajstić information content (AvgIpc) is 3.55. The highest BCUT2D eigenvalue weighted by Crippen LogP contribution is 2.43. The molecule has 0 unspecified atom stereocenters. The van der Waals surface area contributed by atoms with Gasteiger partial charge in [0.2, 0.25) is 0 Å². The van der Waals surface area contributed by atoms with Gasteiger partial charge in [-0.25, -0.2) is 9.18 Å². The number of hydrogen-bond acceptors (Lipinski definition) is 6. The van der Waals surface area contributed by atoms with E-state index in [0.29, 0.717) is 11.3 Å². The minimum atomic E-state index is -4.46. The molecule has 14 heteroatoms. The quantitative estimate of drug-likeness (QED) is 0.414. The second kappa shape index (κ2) is 7.83. The Bertz CT molecular complexity index is 1510. The highest BCUT2D eigenvalue weighted by Gasteiger charge is 2.36. The molecule has 10 nitrogen and oxygen atoms in total. The fourth-order valence-electron chi connectivity index (χ4n) is 4.62. The smallest absolute Gasteiger partial charge is 0.413 e. The van der Waals surface area contributed by atoms with Crippen LogP contribution in [0.15, 0.2) is 36.8 Å². The van der Waals surface area contributed by atoms with Gasteiger partial charge in [0, 0.05) is 17.3 Å². The van der Waals surface area contributed by atoms with Crippen LogP contribution < -0.4 is 14.4 Å². The van der Waals surface area contributed by atoms with Crippen molar-refractivity contribution in [1.29, 1.82) is 0 Å². The molecule has 0 bridgehead atoms. The first-order chi connectivity index (χ1) is 17.2. The number of fused-ring (bicyclic) bond motifs is 3. The van der Waals surface area contributed by atoms with E-state index in [-0.39, 0.29) is 59.7 Å². The third-order valence-corrected chi connectivity index (χ3v) is 6.12. The predicted molar refractivity (Wildman–Crippen MR) is 115 cm³/mol. The maximum Gasteiger partial charge on any atom is 0.413 e. The lowest BCUT2D eigenvalue weighted by molar-refractivity contribution is -0.142. The second-order valence-electron chi connectivity index (χ2n) is 8.41. The van der Waals surface area contributed by atoms with Crippen molar-refractivity contribution in [2.24, 2.45) is 0 Å². The van der Waals surface area contributed by atoms with Gasteiger partial charge in [0.15, 0.2) is 17.2 Å². The molecule has 1 amide bonds. The summed E-state index contributed by atoms with van der Waals surface area (Å²) in [4.78, 5) is 13.3. The predicted octanol–water partition coefficient (Wildman–Crippen LogP) is 3.85. The van der Waals surface area contributed by atoms with Crippen LogP contribution in [0.4, 0.5) is 28.2 Å². The Morgan fingerprint density at radius 3 is 2.69 bits per heavy atom. The van der Waals surface area contributed by atoms with Gasteiger partial charge in [-0.3, -0.25) is 14.0 Å². The number of aromatic nitrogens is 5. The summed E-state index contributed by atoms with van der Waals surface area (Å²) in [5, 5.41) is 22.0. The van der Waals surface area contributed by atoms with Crippen LogP contribution in [0.25, 0.3) is 16.9 Å². The molecule has 0 saturated carbocycles. The van der Waals surface area contributed by atoms with Gasteiger partial charge in [0.25, 0.3) is 0 Å². The fourth-order valence-corrected chi connectivity index (χ4v) is 4.62. The topological polar surface area (TPSA) is 107 Å². The van der Waals surface area contributed by atoms with E-state index in [1.165, 1.54) is 41.2 Å². The minimum absolute atomic E-state index is 0.0267. The summed E-state index contributed by atoms with van der Waals surface area (Å²) >= 11 is 0. The Hall–Kier alpha value is -4.36. The molecule has 4 aromatic rings. The van der Waals surface area contributed by atoms with Crippen molar-refractivity contribution < 1.29 is 36.9 Å². The number of benzene rings is 1. The van der Waals surface area contributed by atoms with Crippen LogP contribution >= 0.6 is 0 Å². The van der Waals surface area contributed by atoms with Crippen LogP contribution in [0.2, 0.25) is 0 Å². The van der Waals surface area contributed by atoms with Crippen LogP contribution in [-0.2, 0) is 13.1 Å². The SMILES string of the molecule is O=C(O)N1Cc2c(F)ccc3c2[C@@H](CO3)COc2cc(-c3ccn(CC(F)(F)F)n3)c3nncn3c21. The van der Waals surface area contributed by atoms with E-state index in [1.54, 1.807) is 0 Å². The lowest BCUT2D eigenvalue weighted by atomic mass is 9.95. The maximum atomic E-state index is 14.9. The van der Waals surface area contributed by atoms with Crippen LogP contribution in [0, 0.1) is 5.82 Å². The summed E-state index contributed by atoms with van der Waals surface area (Å²) < 4.78 is 67.2. The number of hydrogen-bond donors (Lipinski definition) is 1. The van der Waals surface area contributed by atoms with E-state index in [2.05, 4.69) is 15.3 Å². The Morgan fingerprint density at radius 2 is 1.94 bits per heavy atom. The zero-order valence-electron chi connectivity index (χ0n) is 18.2. The molecule has 1 aromatic carbocycles. The largest absolute Gasteiger partial charge is 0.493 e. The minimum Gasteiger partial charge on any atom is -0.493 e. The zero-order valence-corrected chi connectivity index (χ0v) is 18.2. The van der Waals surface area contributed by atoms with Crippen molar-refractivity contribution in [3.05, 3.63) is 53.7 Å². The highest BCUT2D eigenvalue weighted by molar-refractivity contribution is 5.90. The van der Waals surface area contributed by atoms with Crippen molar-refractivity contribution in [2.75, 3.05) is 18.1 Å². The number of nitrogens with zero attached hydrogens (tertiary/aromatic N) is 6. The number of amides is 1. The number of halogens is 4. The van der Waals surface area contributed by atoms with Gasteiger partial charge in [-0.2, -0.15) is 18.3 Å². The Balaban J connectivity index is 1.53. The third kappa shape index (κ3) is 3.56. The van der Waals surface area contributed by atoms with Crippen LogP contribution in [0.3, 0.4) is 0 Å². The molecule has 2 aliphatic rings. The molecular weight excluding hydrogens is 488 g/mol. The van der Waals surface area contributed by atoms with Crippen molar-refractivity contribution >= 4 is 17.6 Å². The fraction of sp³-hybridized carbons (Fsp3) is 0.273. The molecule has 36 heavy (non-hydrogen) atoms. The number of anilines is 1. The summed E-state index contributed by atoms with van der Waals surface area (Å²) in [6.45, 7) is -1.36. The van der Waals surface area contributed by atoms with Crippen molar-refractivity contribution in [3.8, 4) is 22.8 Å². The van der Waals surface area contributed by atoms with E-state index < -0.39 is 24.6 Å². The van der Waals surface area contributed by atoms with Crippen LogP contribution in [0.5, 0.6) is 11.5 Å². The number of alkyl halides is 3. The number of pyridine rings is 1. The van der Waals surface area contributed by atoms with E-state index in [0.717, 1.165) is 9.58 Å². The molecule has 0 saturated heterocycles. The normalized spacial score (nSPS) is 17.0. The lowest BCUT2D eigenvalue weighted by Crippen LogP contribution is -2.31. The Morgan fingerprint density at radius 1 is 1.17 bits per heavy atom. The van der Waals surface area contributed by atoms with Gasteiger partial charge in [-0.1, -0.05) is 0 Å². The Labute approximate surface area is 199 Å². The van der Waals surface area contributed by atoms with Gasteiger partial charge in [0.05, 0.1) is 36.9 Å². The van der Waals surface area contributed by atoms with Crippen LogP contribution in [-0.4, -0.2) is 55.0 Å². The molecule has 0 spiro atoms. The maximum absolute atomic E-state index is 14.9. The average molecular weight is 504 g/mol. The van der Waals surface area contributed by atoms with Gasteiger partial charge in [-0.05, 0) is 24.3 Å². The molecule has 0 aliphatic carbocycles. The second-order valence-corrected chi connectivity index (χ2v) is 8.41. The molecule has 1 atom stereocenters. The first kappa shape index (κ1) is 22.1. The van der Waals surface area contributed by atoms with Crippen molar-refractivity contribution in [3.63, 3.8) is 0 Å². The van der Waals surface area contributed by atoms with Gasteiger partial charge in [0.1, 0.15) is 24.4 Å². The number of carbonyl (C=O) groups is 1. The number of ether oxygens (including phenoxy) is 2. The molecule has 186 valence electrons. The molecule has 1 N–H and O–H groups in total. The third-order valence-electron chi connectivity index (χ3n) is 6.12. The number of carboxylic acid groups (broad SMARTS) is 1. The molecule has 0 radical (unpaired) electrons. The standard InChI is InChI=1S/C22H16F4N6O4/c23-14-1-2-16-18-11(7-35-16)8-36-17-5-12(15-3-4-30(29-15)9-22(24,25)26)19-28-27-10-32(19)20(17)31(21(33)34)6-13(14)18/h1-5,10-11H,6-9H2,(H,33,34)/t11-/m0/s1. The molecule has 5 heterocycles. The summed E-state index contributed by atoms with van der Waals surface area (Å²) in [7, 11) is 0. The molecule has 0 fully saturated rings. The van der Waals surface area contributed by atoms with Gasteiger partial charge in [-0.15, -0.1) is 10.2 Å². The molecular formula is C22H16F4N6O4. The summed E-state index contributed by atoms with van der Waals surface area (Å²) in [6, 6.07) is 5.57. The lowest BCUT2D eigenvalue weighted by Gasteiger charge is -2.23. The first-order valence-electron chi connectivity index (χ1n) is 10.7. The molecule has 6 rings (SSSR count). The summed E-state index contributed by atoms with van der Waals surface area (Å²) in [6.07, 6.45) is -3.41. The van der Waals surface area contributed by atoms with Crippen molar-refractivity contribution in [1.82, 2.24) is 24.4 Å².